The second kappa shape index (κ2) is 11.3. The number of pyridine rings is 1. The highest BCUT2D eigenvalue weighted by atomic mass is 16.5. The molecule has 9 heteroatoms. The Morgan fingerprint density at radius 2 is 2.05 bits per heavy atom. The van der Waals surface area contributed by atoms with E-state index in [1.807, 2.05) is 54.2 Å². The summed E-state index contributed by atoms with van der Waals surface area (Å²) in [6, 6.07) is 9.73. The molecule has 39 heavy (non-hydrogen) atoms. The number of allylic oxidation sites excluding steroid dienone is 2. The number of likely N-dealkylation sites (N-methyl/N-ethyl adjacent to an activating group) is 1. The Bertz CT molecular complexity index is 1600. The lowest BCUT2D eigenvalue weighted by Gasteiger charge is -2.24. The van der Waals surface area contributed by atoms with E-state index in [0.717, 1.165) is 53.0 Å². The molecule has 0 aliphatic carbocycles. The molecule has 3 aromatic heterocycles. The molecule has 0 saturated carbocycles. The number of hydrogen-bond donors (Lipinski definition) is 2. The summed E-state index contributed by atoms with van der Waals surface area (Å²) in [7, 11) is 3.71. The Kier molecular flexibility index (Phi) is 7.51. The number of aromatic nitrogens is 4. The third-order valence-electron chi connectivity index (χ3n) is 6.64. The molecule has 1 aliphatic heterocycles. The molecule has 1 aromatic carbocycles. The highest BCUT2D eigenvalue weighted by Crippen LogP contribution is 2.38. The largest absolute Gasteiger partial charge is 0.495 e. The van der Waals surface area contributed by atoms with Crippen molar-refractivity contribution in [2.24, 2.45) is 0 Å². The van der Waals surface area contributed by atoms with Crippen LogP contribution in [-0.2, 0) is 4.79 Å². The molecule has 4 aromatic rings. The van der Waals surface area contributed by atoms with Crippen molar-refractivity contribution in [2.75, 3.05) is 37.9 Å². The zero-order chi connectivity index (χ0) is 27.4. The molecule has 0 atom stereocenters. The number of nitrogens with one attached hydrogen (secondary N) is 2. The number of aryl methyl sites for hydroxylation is 1. The zero-order valence-corrected chi connectivity index (χ0v) is 22.3. The minimum absolute atomic E-state index is 0.247. The van der Waals surface area contributed by atoms with Crippen molar-refractivity contribution in [3.63, 3.8) is 0 Å². The first-order valence-corrected chi connectivity index (χ1v) is 12.7. The Morgan fingerprint density at radius 3 is 2.82 bits per heavy atom. The maximum absolute atomic E-state index is 12.6. The summed E-state index contributed by atoms with van der Waals surface area (Å²) in [5, 5.41) is 10.8. The number of carbonyl (C=O) groups is 1. The summed E-state index contributed by atoms with van der Waals surface area (Å²) in [5.74, 6) is 0.771. The molecule has 9 nitrogen and oxygen atoms in total. The van der Waals surface area contributed by atoms with Gasteiger partial charge in [-0.25, -0.2) is 14.5 Å². The van der Waals surface area contributed by atoms with Gasteiger partial charge in [-0.3, -0.25) is 4.79 Å². The summed E-state index contributed by atoms with van der Waals surface area (Å²) in [6.45, 7) is 7.39. The standard InChI is InChI=1S/C30H31N7O2/c1-5-6-10-28(38)33-24-17-25(27(39-4)16-22(24)21-11-14-36(3)15-12-21)34-30-31-18-20(2)29(35-30)23-19-32-37-13-8-7-9-26(23)37/h5-11,13,16-19H,1,12,14-15H2,2-4H3,(H,33,38)(H,31,34,35)/b10-6+. The fourth-order valence-corrected chi connectivity index (χ4v) is 4.57. The first-order valence-electron chi connectivity index (χ1n) is 12.7. The molecule has 0 spiro atoms. The average Bonchev–Trinajstić information content (AvgIpc) is 3.38. The molecule has 1 amide bonds. The van der Waals surface area contributed by atoms with Crippen LogP contribution in [0, 0.1) is 6.92 Å². The van der Waals surface area contributed by atoms with Gasteiger partial charge in [0.1, 0.15) is 5.75 Å². The lowest BCUT2D eigenvalue weighted by molar-refractivity contribution is -0.111. The van der Waals surface area contributed by atoms with Crippen molar-refractivity contribution < 1.29 is 9.53 Å². The Morgan fingerprint density at radius 1 is 1.18 bits per heavy atom. The molecule has 5 rings (SSSR count). The zero-order valence-electron chi connectivity index (χ0n) is 22.3. The molecule has 0 saturated heterocycles. The molecular weight excluding hydrogens is 490 g/mol. The first kappa shape index (κ1) is 25.9. The summed E-state index contributed by atoms with van der Waals surface area (Å²) in [4.78, 5) is 24.2. The molecule has 4 heterocycles. The number of amides is 1. The van der Waals surface area contributed by atoms with Crippen LogP contribution in [0.4, 0.5) is 17.3 Å². The lowest BCUT2D eigenvalue weighted by atomic mass is 9.97. The third kappa shape index (κ3) is 5.58. The van der Waals surface area contributed by atoms with Gasteiger partial charge in [-0.05, 0) is 55.8 Å². The number of rotatable bonds is 8. The van der Waals surface area contributed by atoms with E-state index in [0.29, 0.717) is 23.1 Å². The molecule has 0 fully saturated rings. The van der Waals surface area contributed by atoms with Crippen molar-refractivity contribution in [1.82, 2.24) is 24.5 Å². The number of nitrogens with zero attached hydrogens (tertiary/aromatic N) is 5. The fraction of sp³-hybridized carbons (Fsp3) is 0.200. The van der Waals surface area contributed by atoms with Crippen LogP contribution in [0.5, 0.6) is 5.75 Å². The van der Waals surface area contributed by atoms with Crippen LogP contribution in [0.2, 0.25) is 0 Å². The van der Waals surface area contributed by atoms with Gasteiger partial charge in [-0.1, -0.05) is 30.9 Å². The topological polar surface area (TPSA) is 96.7 Å². The number of ether oxygens (including phenoxy) is 1. The number of fused-ring (bicyclic) bond motifs is 1. The van der Waals surface area contributed by atoms with E-state index in [1.54, 1.807) is 25.5 Å². The highest BCUT2D eigenvalue weighted by molar-refractivity contribution is 6.02. The predicted molar refractivity (Wildman–Crippen MR) is 155 cm³/mol. The van der Waals surface area contributed by atoms with Gasteiger partial charge in [0.05, 0.1) is 35.9 Å². The van der Waals surface area contributed by atoms with Crippen LogP contribution in [0.25, 0.3) is 22.3 Å². The number of benzene rings is 1. The minimum Gasteiger partial charge on any atom is -0.495 e. The molecule has 1 aliphatic rings. The van der Waals surface area contributed by atoms with Crippen LogP contribution >= 0.6 is 0 Å². The summed E-state index contributed by atoms with van der Waals surface area (Å²) in [5.41, 5.74) is 6.95. The van der Waals surface area contributed by atoms with Crippen LogP contribution in [0.3, 0.4) is 0 Å². The first-order chi connectivity index (χ1) is 19.0. The van der Waals surface area contributed by atoms with Crippen LogP contribution in [0.15, 0.2) is 79.8 Å². The Hall–Kier alpha value is -4.76. The van der Waals surface area contributed by atoms with Crippen molar-refractivity contribution in [1.29, 1.82) is 0 Å². The fourth-order valence-electron chi connectivity index (χ4n) is 4.57. The van der Waals surface area contributed by atoms with Crippen molar-refractivity contribution >= 4 is 34.3 Å². The van der Waals surface area contributed by atoms with Crippen molar-refractivity contribution in [2.45, 2.75) is 13.3 Å². The van der Waals surface area contributed by atoms with Crippen molar-refractivity contribution in [3.8, 4) is 17.0 Å². The second-order valence-electron chi connectivity index (χ2n) is 9.36. The van der Waals surface area contributed by atoms with E-state index in [4.69, 9.17) is 9.72 Å². The smallest absolute Gasteiger partial charge is 0.248 e. The van der Waals surface area contributed by atoms with E-state index in [-0.39, 0.29) is 5.91 Å². The number of carbonyl (C=O) groups excluding carboxylic acids is 1. The van der Waals surface area contributed by atoms with Gasteiger partial charge in [-0.15, -0.1) is 0 Å². The highest BCUT2D eigenvalue weighted by Gasteiger charge is 2.19. The van der Waals surface area contributed by atoms with Gasteiger partial charge >= 0.3 is 0 Å². The molecular formula is C30H31N7O2. The van der Waals surface area contributed by atoms with Crippen molar-refractivity contribution in [3.05, 3.63) is 90.9 Å². The quantitative estimate of drug-likeness (QED) is 0.241. The molecule has 198 valence electrons. The van der Waals surface area contributed by atoms with Gasteiger partial charge in [0.15, 0.2) is 0 Å². The molecule has 0 radical (unpaired) electrons. The molecule has 2 N–H and O–H groups in total. The van der Waals surface area contributed by atoms with Crippen LogP contribution in [-0.4, -0.2) is 57.6 Å². The Labute approximate surface area is 227 Å². The number of hydrogen-bond acceptors (Lipinski definition) is 7. The maximum Gasteiger partial charge on any atom is 0.248 e. The predicted octanol–water partition coefficient (Wildman–Crippen LogP) is 5.25. The number of anilines is 3. The van der Waals surface area contributed by atoms with Crippen LogP contribution < -0.4 is 15.4 Å². The van der Waals surface area contributed by atoms with Gasteiger partial charge < -0.3 is 20.3 Å². The van der Waals surface area contributed by atoms with Gasteiger partial charge in [0, 0.05) is 42.7 Å². The maximum atomic E-state index is 12.6. The average molecular weight is 522 g/mol. The SMILES string of the molecule is C=C/C=C/C(=O)Nc1cc(Nc2ncc(C)c(-c3cnn4ccccc34)n2)c(OC)cc1C1=CCN(C)CC1. The van der Waals surface area contributed by atoms with Gasteiger partial charge in [0.25, 0.3) is 0 Å². The van der Waals surface area contributed by atoms with Crippen LogP contribution in [0.1, 0.15) is 17.5 Å². The third-order valence-corrected chi connectivity index (χ3v) is 6.64. The van der Waals surface area contributed by atoms with Gasteiger partial charge in [0.2, 0.25) is 11.9 Å². The second-order valence-corrected chi connectivity index (χ2v) is 9.36. The normalized spacial score (nSPS) is 13.9. The minimum atomic E-state index is -0.247. The van der Waals surface area contributed by atoms with E-state index < -0.39 is 0 Å². The Balaban J connectivity index is 1.54. The molecule has 0 bridgehead atoms. The summed E-state index contributed by atoms with van der Waals surface area (Å²) in [6.07, 6.45) is 13.2. The lowest BCUT2D eigenvalue weighted by Crippen LogP contribution is -2.24. The summed E-state index contributed by atoms with van der Waals surface area (Å²) < 4.78 is 7.59. The van der Waals surface area contributed by atoms with E-state index in [1.165, 1.54) is 6.08 Å². The monoisotopic (exact) mass is 521 g/mol. The van der Waals surface area contributed by atoms with E-state index >= 15 is 0 Å². The van der Waals surface area contributed by atoms with E-state index in [9.17, 15) is 4.79 Å². The summed E-state index contributed by atoms with van der Waals surface area (Å²) >= 11 is 0. The van der Waals surface area contributed by atoms with E-state index in [2.05, 4.69) is 45.3 Å². The molecule has 0 unspecified atom stereocenters. The van der Waals surface area contributed by atoms with Gasteiger partial charge in [-0.2, -0.15) is 5.10 Å². The number of methoxy groups -OCH3 is 1.